The van der Waals surface area contributed by atoms with Crippen LogP contribution in [0.25, 0.3) is 0 Å². The van der Waals surface area contributed by atoms with Gasteiger partial charge in [0.25, 0.3) is 0 Å². The molecule has 76 valence electrons. The van der Waals surface area contributed by atoms with E-state index in [1.807, 2.05) is 0 Å². The van der Waals surface area contributed by atoms with Crippen molar-refractivity contribution in [2.75, 3.05) is 0 Å². The van der Waals surface area contributed by atoms with Crippen molar-refractivity contribution in [2.45, 2.75) is 0 Å². The van der Waals surface area contributed by atoms with E-state index in [1.165, 1.54) is 22.7 Å². The lowest BCUT2D eigenvalue weighted by molar-refractivity contribution is 0.0986. The van der Waals surface area contributed by atoms with Crippen LogP contribution in [0, 0.1) is 0 Å². The van der Waals surface area contributed by atoms with Gasteiger partial charge < -0.3 is 0 Å². The van der Waals surface area contributed by atoms with Crippen molar-refractivity contribution >= 4 is 62.8 Å². The van der Waals surface area contributed by atoms with E-state index in [0.717, 1.165) is 3.79 Å². The van der Waals surface area contributed by atoms with Crippen LogP contribution in [-0.2, 0) is 0 Å². The number of carbonyl (C=O) groups excluding carboxylic acids is 2. The Balaban J connectivity index is 2.32. The van der Waals surface area contributed by atoms with Gasteiger partial charge in [-0.05, 0) is 32.8 Å². The Bertz CT molecular complexity index is 538. The molecule has 0 bridgehead atoms. The summed E-state index contributed by atoms with van der Waals surface area (Å²) in [4.78, 5) is 25.1. The smallest absolute Gasteiger partial charge is 0.205 e. The minimum atomic E-state index is -0.103. The maximum Gasteiger partial charge on any atom is 0.205 e. The molecule has 0 aromatic carbocycles. The third kappa shape index (κ3) is 1.30. The summed E-state index contributed by atoms with van der Waals surface area (Å²) >= 11 is 5.74. The van der Waals surface area contributed by atoms with Gasteiger partial charge >= 0.3 is 0 Å². The molecular weight excluding hydrogens is 307 g/mol. The minimum absolute atomic E-state index is 0.103. The molecule has 0 amide bonds. The van der Waals surface area contributed by atoms with Crippen LogP contribution in [0.15, 0.2) is 15.9 Å². The van der Waals surface area contributed by atoms with Crippen molar-refractivity contribution in [3.63, 3.8) is 0 Å². The van der Waals surface area contributed by atoms with Crippen molar-refractivity contribution < 1.29 is 9.59 Å². The SMILES string of the molecule is [B]c1cc2c(s1)C(=O)c1cc(Br)sc1C2=O. The molecule has 0 N–H and O–H groups in total. The first kappa shape index (κ1) is 10.4. The Morgan fingerprint density at radius 1 is 1.00 bits per heavy atom. The highest BCUT2D eigenvalue weighted by Crippen LogP contribution is 2.36. The summed E-state index contributed by atoms with van der Waals surface area (Å²) in [6, 6.07) is 3.27. The van der Waals surface area contributed by atoms with Crippen LogP contribution in [-0.4, -0.2) is 19.4 Å². The standard InChI is InChI=1S/C10H2BBrO2S2/c11-5-1-3-7(13)10-4(2-6(12)16-10)8(14)9(3)15-5/h1-2H. The van der Waals surface area contributed by atoms with Crippen molar-refractivity contribution in [1.82, 2.24) is 0 Å². The number of thiophene rings is 2. The zero-order valence-electron chi connectivity index (χ0n) is 7.74. The Morgan fingerprint density at radius 3 is 2.25 bits per heavy atom. The summed E-state index contributed by atoms with van der Waals surface area (Å²) in [5.74, 6) is -0.207. The summed E-state index contributed by atoms with van der Waals surface area (Å²) in [6.45, 7) is 0. The zero-order valence-corrected chi connectivity index (χ0v) is 11.0. The summed E-state index contributed by atoms with van der Waals surface area (Å²) in [5, 5.41) is 0. The van der Waals surface area contributed by atoms with E-state index in [4.69, 9.17) is 7.85 Å². The molecule has 6 heteroatoms. The van der Waals surface area contributed by atoms with E-state index in [9.17, 15) is 9.59 Å². The van der Waals surface area contributed by atoms with Gasteiger partial charge in [-0.3, -0.25) is 9.59 Å². The van der Waals surface area contributed by atoms with Crippen LogP contribution in [0.2, 0.25) is 0 Å². The predicted molar refractivity (Wildman–Crippen MR) is 68.6 cm³/mol. The fourth-order valence-electron chi connectivity index (χ4n) is 1.69. The Kier molecular flexibility index (Phi) is 2.21. The molecule has 2 heterocycles. The number of rotatable bonds is 0. The van der Waals surface area contributed by atoms with Crippen LogP contribution in [0.1, 0.15) is 30.5 Å². The first-order valence-electron chi connectivity index (χ1n) is 4.36. The molecule has 0 saturated carbocycles. The highest BCUT2D eigenvalue weighted by Gasteiger charge is 2.33. The Morgan fingerprint density at radius 2 is 1.56 bits per heavy atom. The van der Waals surface area contributed by atoms with E-state index in [0.29, 0.717) is 25.7 Å². The number of ketones is 2. The third-order valence-electron chi connectivity index (χ3n) is 2.35. The molecule has 2 radical (unpaired) electrons. The number of carbonyl (C=O) groups is 2. The topological polar surface area (TPSA) is 34.1 Å². The first-order valence-corrected chi connectivity index (χ1v) is 6.78. The maximum atomic E-state index is 12.1. The van der Waals surface area contributed by atoms with Gasteiger partial charge in [0.2, 0.25) is 11.6 Å². The van der Waals surface area contributed by atoms with Crippen LogP contribution in [0.3, 0.4) is 0 Å². The minimum Gasteiger partial charge on any atom is -0.288 e. The van der Waals surface area contributed by atoms with Gasteiger partial charge in [0.15, 0.2) is 0 Å². The molecule has 0 spiro atoms. The van der Waals surface area contributed by atoms with E-state index in [-0.39, 0.29) is 11.6 Å². The fourth-order valence-corrected chi connectivity index (χ4v) is 4.12. The average molecular weight is 309 g/mol. The van der Waals surface area contributed by atoms with Crippen LogP contribution in [0.5, 0.6) is 0 Å². The summed E-state index contributed by atoms with van der Waals surface area (Å²) in [6.07, 6.45) is 0. The van der Waals surface area contributed by atoms with Crippen LogP contribution < -0.4 is 4.78 Å². The van der Waals surface area contributed by atoms with Crippen molar-refractivity contribution in [1.29, 1.82) is 0 Å². The predicted octanol–water partition coefficient (Wildman–Crippen LogP) is 2.14. The van der Waals surface area contributed by atoms with Gasteiger partial charge in [0, 0.05) is 11.1 Å². The fraction of sp³-hybridized carbons (Fsp3) is 0. The van der Waals surface area contributed by atoms with E-state index in [2.05, 4.69) is 15.9 Å². The van der Waals surface area contributed by atoms with Crippen molar-refractivity contribution in [3.05, 3.63) is 36.8 Å². The second-order valence-electron chi connectivity index (χ2n) is 3.34. The molecule has 0 atom stereocenters. The second-order valence-corrected chi connectivity index (χ2v) is 6.86. The largest absolute Gasteiger partial charge is 0.288 e. The highest BCUT2D eigenvalue weighted by atomic mass is 79.9. The summed E-state index contributed by atoms with van der Waals surface area (Å²) in [7, 11) is 5.62. The normalized spacial score (nSPS) is 13.8. The quantitative estimate of drug-likeness (QED) is 0.596. The van der Waals surface area contributed by atoms with Crippen molar-refractivity contribution in [2.24, 2.45) is 0 Å². The van der Waals surface area contributed by atoms with Crippen molar-refractivity contribution in [3.8, 4) is 0 Å². The molecular formula is C10H2BBrO2S2. The van der Waals surface area contributed by atoms with E-state index >= 15 is 0 Å². The molecule has 1 aliphatic carbocycles. The average Bonchev–Trinajstić information content (AvgIpc) is 2.78. The molecule has 2 aromatic heterocycles. The van der Waals surface area contributed by atoms with Gasteiger partial charge in [-0.25, -0.2) is 0 Å². The lowest BCUT2D eigenvalue weighted by atomic mass is 9.94. The molecule has 3 rings (SSSR count). The summed E-state index contributed by atoms with van der Waals surface area (Å²) in [5.41, 5.74) is 0.922. The van der Waals surface area contributed by atoms with Gasteiger partial charge in [0.05, 0.1) is 13.5 Å². The van der Waals surface area contributed by atoms with Crippen LogP contribution >= 0.6 is 38.6 Å². The van der Waals surface area contributed by atoms with Gasteiger partial charge in [-0.1, -0.05) is 0 Å². The molecule has 0 aliphatic heterocycles. The monoisotopic (exact) mass is 308 g/mol. The lowest BCUT2D eigenvalue weighted by Crippen LogP contribution is -2.15. The van der Waals surface area contributed by atoms with Crippen LogP contribution in [0.4, 0.5) is 0 Å². The molecule has 16 heavy (non-hydrogen) atoms. The van der Waals surface area contributed by atoms with E-state index in [1.54, 1.807) is 12.1 Å². The molecule has 1 aliphatic rings. The number of hydrogen-bond donors (Lipinski definition) is 0. The molecule has 2 aromatic rings. The maximum absolute atomic E-state index is 12.1. The molecule has 2 nitrogen and oxygen atoms in total. The lowest BCUT2D eigenvalue weighted by Gasteiger charge is -2.08. The van der Waals surface area contributed by atoms with Gasteiger partial charge in [0.1, 0.15) is 7.85 Å². The Labute approximate surface area is 109 Å². The second kappa shape index (κ2) is 3.39. The third-order valence-corrected chi connectivity index (χ3v) is 4.95. The number of halogens is 1. The number of hydrogen-bond acceptors (Lipinski definition) is 4. The first-order chi connectivity index (χ1) is 7.58. The van der Waals surface area contributed by atoms with Gasteiger partial charge in [-0.2, -0.15) is 0 Å². The zero-order chi connectivity index (χ0) is 11.4. The van der Waals surface area contributed by atoms with E-state index < -0.39 is 0 Å². The molecule has 0 unspecified atom stereocenters. The number of fused-ring (bicyclic) bond motifs is 2. The molecule has 0 saturated heterocycles. The highest BCUT2D eigenvalue weighted by molar-refractivity contribution is 9.11. The summed E-state index contributed by atoms with van der Waals surface area (Å²) < 4.78 is 1.29. The van der Waals surface area contributed by atoms with Gasteiger partial charge in [-0.15, -0.1) is 22.7 Å². The molecule has 0 fully saturated rings. The Hall–Kier alpha value is -0.715.